The molecule has 1 rings (SSSR count). The van der Waals surface area contributed by atoms with Gasteiger partial charge in [-0.1, -0.05) is 32.9 Å². The monoisotopic (exact) mass is 268 g/mol. The summed E-state index contributed by atoms with van der Waals surface area (Å²) in [6.45, 7) is 8.53. The van der Waals surface area contributed by atoms with E-state index in [9.17, 15) is 4.79 Å². The molecule has 1 aliphatic rings. The quantitative estimate of drug-likeness (QED) is 0.802. The standard InChI is InChI=1S/C15H24O2S/c1-11-6-5-7-15(3,4)14(11)13(17)10-12(2)18-9-8-16/h5-6,12,16H,7-10H2,1-4H3. The summed E-state index contributed by atoms with van der Waals surface area (Å²) in [5, 5.41) is 9.07. The number of thioether (sulfide) groups is 1. The summed E-state index contributed by atoms with van der Waals surface area (Å²) in [7, 11) is 0. The number of Topliss-reactive ketones (excluding diaryl/α,β-unsaturated/α-hetero) is 1. The lowest BCUT2D eigenvalue weighted by molar-refractivity contribution is -0.116. The molecule has 0 bridgehead atoms. The van der Waals surface area contributed by atoms with Gasteiger partial charge in [0.25, 0.3) is 0 Å². The molecule has 0 aromatic heterocycles. The van der Waals surface area contributed by atoms with Crippen LogP contribution in [0.15, 0.2) is 23.3 Å². The van der Waals surface area contributed by atoms with Gasteiger partial charge in [0, 0.05) is 23.0 Å². The summed E-state index contributed by atoms with van der Waals surface area (Å²) in [4.78, 5) is 12.4. The molecule has 3 heteroatoms. The Balaban J connectivity index is 2.73. The third kappa shape index (κ3) is 3.99. The van der Waals surface area contributed by atoms with E-state index in [0.29, 0.717) is 12.2 Å². The molecule has 1 N–H and O–H groups in total. The number of aliphatic hydroxyl groups excluding tert-OH is 1. The predicted octanol–water partition coefficient (Wildman–Crippen LogP) is 3.36. The molecular formula is C15H24O2S. The molecule has 0 aromatic carbocycles. The van der Waals surface area contributed by atoms with Gasteiger partial charge >= 0.3 is 0 Å². The Morgan fingerprint density at radius 2 is 2.22 bits per heavy atom. The second-order valence-corrected chi connectivity index (χ2v) is 7.13. The summed E-state index contributed by atoms with van der Waals surface area (Å²) < 4.78 is 0. The highest BCUT2D eigenvalue weighted by Crippen LogP contribution is 2.38. The summed E-state index contributed by atoms with van der Waals surface area (Å²) >= 11 is 1.66. The fourth-order valence-electron chi connectivity index (χ4n) is 2.52. The largest absolute Gasteiger partial charge is 0.396 e. The van der Waals surface area contributed by atoms with Gasteiger partial charge in [-0.3, -0.25) is 4.79 Å². The Bertz CT molecular complexity index is 367. The van der Waals surface area contributed by atoms with Crippen LogP contribution in [-0.2, 0) is 4.79 Å². The van der Waals surface area contributed by atoms with Crippen molar-refractivity contribution in [2.75, 3.05) is 12.4 Å². The van der Waals surface area contributed by atoms with E-state index in [1.165, 1.54) is 0 Å². The summed E-state index contributed by atoms with van der Waals surface area (Å²) in [6.07, 6.45) is 5.71. The molecule has 1 aliphatic carbocycles. The first kappa shape index (κ1) is 15.5. The van der Waals surface area contributed by atoms with Crippen molar-refractivity contribution in [3.05, 3.63) is 23.3 Å². The molecule has 102 valence electrons. The third-order valence-electron chi connectivity index (χ3n) is 3.31. The lowest BCUT2D eigenvalue weighted by atomic mass is 9.73. The number of hydrogen-bond donors (Lipinski definition) is 1. The average molecular weight is 268 g/mol. The molecule has 1 unspecified atom stereocenters. The Morgan fingerprint density at radius 3 is 2.78 bits per heavy atom. The van der Waals surface area contributed by atoms with Crippen LogP contribution < -0.4 is 0 Å². The van der Waals surface area contributed by atoms with E-state index in [4.69, 9.17) is 5.11 Å². The fourth-order valence-corrected chi connectivity index (χ4v) is 3.30. The van der Waals surface area contributed by atoms with Crippen LogP contribution in [0.1, 0.15) is 40.5 Å². The molecule has 0 amide bonds. The van der Waals surface area contributed by atoms with E-state index < -0.39 is 0 Å². The Kier molecular flexibility index (Phi) is 5.67. The van der Waals surface area contributed by atoms with E-state index >= 15 is 0 Å². The molecule has 1 atom stereocenters. The highest BCUT2D eigenvalue weighted by molar-refractivity contribution is 7.99. The number of aliphatic hydroxyl groups is 1. The highest BCUT2D eigenvalue weighted by atomic mass is 32.2. The molecule has 0 saturated heterocycles. The third-order valence-corrected chi connectivity index (χ3v) is 4.47. The topological polar surface area (TPSA) is 37.3 Å². The van der Waals surface area contributed by atoms with E-state index in [0.717, 1.165) is 17.6 Å². The van der Waals surface area contributed by atoms with Crippen molar-refractivity contribution in [3.8, 4) is 0 Å². The van der Waals surface area contributed by atoms with Crippen LogP contribution in [0, 0.1) is 5.41 Å². The number of allylic oxidation sites excluding steroid dienone is 4. The molecule has 0 saturated carbocycles. The zero-order valence-electron chi connectivity index (χ0n) is 11.8. The summed E-state index contributed by atoms with van der Waals surface area (Å²) in [5.41, 5.74) is 2.05. The van der Waals surface area contributed by atoms with Crippen molar-refractivity contribution in [2.45, 2.75) is 45.8 Å². The molecule has 18 heavy (non-hydrogen) atoms. The minimum Gasteiger partial charge on any atom is -0.396 e. The fraction of sp³-hybridized carbons (Fsp3) is 0.667. The van der Waals surface area contributed by atoms with Crippen molar-refractivity contribution >= 4 is 17.5 Å². The summed E-state index contributed by atoms with van der Waals surface area (Å²) in [5.74, 6) is 0.968. The van der Waals surface area contributed by atoms with Crippen LogP contribution in [-0.4, -0.2) is 28.5 Å². The maximum Gasteiger partial charge on any atom is 0.160 e. The SMILES string of the molecule is CC1=C(C(=O)CC(C)SCCO)C(C)(C)CC=C1. The second-order valence-electron chi connectivity index (χ2n) is 5.58. The van der Waals surface area contributed by atoms with Gasteiger partial charge in [-0.2, -0.15) is 11.8 Å². The van der Waals surface area contributed by atoms with Gasteiger partial charge in [-0.05, 0) is 24.3 Å². The van der Waals surface area contributed by atoms with Crippen LogP contribution in [0.25, 0.3) is 0 Å². The van der Waals surface area contributed by atoms with Crippen molar-refractivity contribution < 1.29 is 9.90 Å². The van der Waals surface area contributed by atoms with Gasteiger partial charge in [-0.25, -0.2) is 0 Å². The first-order valence-corrected chi connectivity index (χ1v) is 7.57. The van der Waals surface area contributed by atoms with E-state index in [1.54, 1.807) is 11.8 Å². The molecule has 0 spiro atoms. The first-order chi connectivity index (χ1) is 8.38. The second kappa shape index (κ2) is 6.58. The van der Waals surface area contributed by atoms with Crippen LogP contribution in [0.3, 0.4) is 0 Å². The normalized spacial score (nSPS) is 20.1. The van der Waals surface area contributed by atoms with Crippen LogP contribution in [0.4, 0.5) is 0 Å². The van der Waals surface area contributed by atoms with Crippen LogP contribution in [0.2, 0.25) is 0 Å². The smallest absolute Gasteiger partial charge is 0.160 e. The van der Waals surface area contributed by atoms with Gasteiger partial charge in [0.15, 0.2) is 5.78 Å². The van der Waals surface area contributed by atoms with E-state index in [-0.39, 0.29) is 23.1 Å². The first-order valence-electron chi connectivity index (χ1n) is 6.52. The van der Waals surface area contributed by atoms with E-state index in [1.807, 2.05) is 6.92 Å². The molecule has 0 aromatic rings. The maximum absolute atomic E-state index is 12.4. The molecule has 0 heterocycles. The maximum atomic E-state index is 12.4. The number of carbonyl (C=O) groups is 1. The molecule has 2 nitrogen and oxygen atoms in total. The zero-order chi connectivity index (χ0) is 13.8. The number of rotatable bonds is 6. The van der Waals surface area contributed by atoms with Crippen molar-refractivity contribution in [2.24, 2.45) is 5.41 Å². The van der Waals surface area contributed by atoms with E-state index in [2.05, 4.69) is 32.9 Å². The summed E-state index contributed by atoms with van der Waals surface area (Å²) in [6, 6.07) is 0. The van der Waals surface area contributed by atoms with Gasteiger partial charge in [0.2, 0.25) is 0 Å². The van der Waals surface area contributed by atoms with Gasteiger partial charge in [0.05, 0.1) is 6.61 Å². The molecule has 0 fully saturated rings. The Labute approximate surface area is 115 Å². The predicted molar refractivity (Wildman–Crippen MR) is 78.9 cm³/mol. The number of hydrogen-bond acceptors (Lipinski definition) is 3. The van der Waals surface area contributed by atoms with Crippen molar-refractivity contribution in [3.63, 3.8) is 0 Å². The number of carbonyl (C=O) groups excluding carboxylic acids is 1. The van der Waals surface area contributed by atoms with Gasteiger partial charge < -0.3 is 5.11 Å². The van der Waals surface area contributed by atoms with Crippen LogP contribution >= 0.6 is 11.8 Å². The highest BCUT2D eigenvalue weighted by Gasteiger charge is 2.31. The number of ketones is 1. The van der Waals surface area contributed by atoms with Gasteiger partial charge in [0.1, 0.15) is 0 Å². The molecule has 0 aliphatic heterocycles. The molecular weight excluding hydrogens is 244 g/mol. The lowest BCUT2D eigenvalue weighted by Gasteiger charge is -2.31. The zero-order valence-corrected chi connectivity index (χ0v) is 12.6. The Hall–Kier alpha value is -0.540. The minimum atomic E-state index is -0.0444. The minimum absolute atomic E-state index is 0.0444. The van der Waals surface area contributed by atoms with Crippen molar-refractivity contribution in [1.29, 1.82) is 0 Å². The van der Waals surface area contributed by atoms with Crippen molar-refractivity contribution in [1.82, 2.24) is 0 Å². The van der Waals surface area contributed by atoms with Crippen LogP contribution in [0.5, 0.6) is 0 Å². The van der Waals surface area contributed by atoms with Gasteiger partial charge in [-0.15, -0.1) is 0 Å². The average Bonchev–Trinajstić information content (AvgIpc) is 2.24. The Morgan fingerprint density at radius 1 is 1.56 bits per heavy atom. The molecule has 0 radical (unpaired) electrons. The lowest BCUT2D eigenvalue weighted by Crippen LogP contribution is -2.26.